The van der Waals surface area contributed by atoms with Gasteiger partial charge in [-0.15, -0.1) is 0 Å². The van der Waals surface area contributed by atoms with Gasteiger partial charge in [0, 0.05) is 64.8 Å². The average molecular weight is 423 g/mol. The number of piperazine rings is 2. The van der Waals surface area contributed by atoms with Gasteiger partial charge in [0.15, 0.2) is 6.61 Å². The number of hydrogen-bond acceptors (Lipinski definition) is 7. The number of aromatic nitrogens is 2. The molecule has 9 heteroatoms. The highest BCUT2D eigenvalue weighted by atomic mass is 16.5. The van der Waals surface area contributed by atoms with E-state index in [1.807, 2.05) is 36.4 Å². The minimum atomic E-state index is -0.201. The summed E-state index contributed by atoms with van der Waals surface area (Å²) in [7, 11) is 0. The quantitative estimate of drug-likeness (QED) is 0.675. The fourth-order valence-electron chi connectivity index (χ4n) is 3.77. The Hall–Kier alpha value is -3.20. The molecule has 0 atom stereocenters. The van der Waals surface area contributed by atoms with Crippen molar-refractivity contribution in [2.24, 2.45) is 0 Å². The number of ether oxygens (including phenoxy) is 1. The molecule has 0 aromatic carbocycles. The number of rotatable bonds is 6. The maximum Gasteiger partial charge on any atom is 0.255 e. The van der Waals surface area contributed by atoms with Crippen LogP contribution < -0.4 is 9.80 Å². The van der Waals surface area contributed by atoms with Crippen LogP contribution in [-0.2, 0) is 14.3 Å². The minimum Gasteiger partial charge on any atom is -0.355 e. The molecule has 9 nitrogen and oxygen atoms in total. The molecule has 0 spiro atoms. The zero-order chi connectivity index (χ0) is 21.5. The summed E-state index contributed by atoms with van der Waals surface area (Å²) in [6.45, 7) is 6.35. The molecule has 0 N–H and O–H groups in total. The molecule has 2 amide bonds. The van der Waals surface area contributed by atoms with E-state index in [9.17, 15) is 9.59 Å². The number of hydrogen-bond donors (Lipinski definition) is 0. The Morgan fingerprint density at radius 1 is 0.774 bits per heavy atom. The van der Waals surface area contributed by atoms with E-state index in [0.717, 1.165) is 37.8 Å². The molecule has 0 aliphatic carbocycles. The lowest BCUT2D eigenvalue weighted by Gasteiger charge is -2.36. The van der Waals surface area contributed by atoms with E-state index < -0.39 is 0 Å². The van der Waals surface area contributed by atoms with Crippen molar-refractivity contribution < 1.29 is 14.3 Å². The van der Waals surface area contributed by atoms with Crippen molar-refractivity contribution in [3.05, 3.63) is 55.4 Å². The summed E-state index contributed by atoms with van der Waals surface area (Å²) in [5, 5.41) is 0. The van der Waals surface area contributed by atoms with Crippen LogP contribution in [0.3, 0.4) is 0 Å². The Bertz CT molecular complexity index is 779. The van der Waals surface area contributed by atoms with Crippen molar-refractivity contribution >= 4 is 23.5 Å². The summed E-state index contributed by atoms with van der Waals surface area (Å²) < 4.78 is 5.33. The highest BCUT2D eigenvalue weighted by molar-refractivity contribution is 5.84. The molecule has 2 aromatic heterocycles. The van der Waals surface area contributed by atoms with E-state index in [1.54, 1.807) is 22.2 Å². The van der Waals surface area contributed by atoms with E-state index in [4.69, 9.17) is 4.74 Å². The van der Waals surface area contributed by atoms with Crippen LogP contribution in [0.15, 0.2) is 48.8 Å². The molecule has 1 radical (unpaired) electrons. The van der Waals surface area contributed by atoms with Crippen LogP contribution in [0.25, 0.3) is 0 Å². The number of pyridine rings is 2. The standard InChI is InChI=1S/C22H27N6O3/c29-21(27-13-9-25(10-14-27)19-5-1-3-7-23-19)17-31-18-22(30)28-15-11-26(12-16-28)20-6-2-4-8-24-20/h1-8,17H,9-16,18H2. The van der Waals surface area contributed by atoms with E-state index in [2.05, 4.69) is 19.8 Å². The largest absolute Gasteiger partial charge is 0.355 e. The summed E-state index contributed by atoms with van der Waals surface area (Å²) in [6, 6.07) is 11.6. The van der Waals surface area contributed by atoms with Gasteiger partial charge in [-0.05, 0) is 24.3 Å². The van der Waals surface area contributed by atoms with Crippen LogP contribution in [0.5, 0.6) is 0 Å². The molecular weight excluding hydrogens is 396 g/mol. The third kappa shape index (κ3) is 5.49. The first-order valence-corrected chi connectivity index (χ1v) is 10.5. The molecule has 2 fully saturated rings. The normalized spacial score (nSPS) is 17.0. The molecule has 0 bridgehead atoms. The van der Waals surface area contributed by atoms with Gasteiger partial charge in [-0.25, -0.2) is 9.97 Å². The van der Waals surface area contributed by atoms with Crippen molar-refractivity contribution in [3.63, 3.8) is 0 Å². The average Bonchev–Trinajstić information content (AvgIpc) is 2.85. The van der Waals surface area contributed by atoms with E-state index in [0.29, 0.717) is 26.2 Å². The lowest BCUT2D eigenvalue weighted by Crippen LogP contribution is -2.50. The SMILES string of the molecule is O=C([CH]OCC(=O)N1CCN(c2ccccn2)CC1)N1CCN(c2ccccn2)CC1. The number of amides is 2. The van der Waals surface area contributed by atoms with Crippen LogP contribution in [0.1, 0.15) is 0 Å². The maximum absolute atomic E-state index is 12.4. The predicted octanol–water partition coefficient (Wildman–Crippen LogP) is 0.652. The van der Waals surface area contributed by atoms with Gasteiger partial charge in [0.1, 0.15) is 18.2 Å². The van der Waals surface area contributed by atoms with Crippen LogP contribution in [0.4, 0.5) is 11.6 Å². The van der Waals surface area contributed by atoms with Gasteiger partial charge in [0.05, 0.1) is 0 Å². The molecule has 0 unspecified atom stereocenters. The van der Waals surface area contributed by atoms with Crippen molar-refractivity contribution in [2.45, 2.75) is 0 Å². The summed E-state index contributed by atoms with van der Waals surface area (Å²) >= 11 is 0. The minimum absolute atomic E-state index is 0.107. The molecule has 163 valence electrons. The molecule has 2 aromatic rings. The Kier molecular flexibility index (Phi) is 6.93. The van der Waals surface area contributed by atoms with Crippen molar-refractivity contribution in [2.75, 3.05) is 68.8 Å². The van der Waals surface area contributed by atoms with Crippen molar-refractivity contribution in [1.82, 2.24) is 19.8 Å². The van der Waals surface area contributed by atoms with Crippen LogP contribution in [0, 0.1) is 6.61 Å². The first-order valence-electron chi connectivity index (χ1n) is 10.5. The van der Waals surface area contributed by atoms with Crippen LogP contribution in [0.2, 0.25) is 0 Å². The second kappa shape index (κ2) is 10.2. The summed E-state index contributed by atoms with van der Waals surface area (Å²) in [5.41, 5.74) is 0. The first kappa shape index (κ1) is 21.0. The third-order valence-corrected chi connectivity index (χ3v) is 5.56. The van der Waals surface area contributed by atoms with Gasteiger partial charge in [0.25, 0.3) is 5.91 Å². The van der Waals surface area contributed by atoms with Crippen LogP contribution >= 0.6 is 0 Å². The van der Waals surface area contributed by atoms with Gasteiger partial charge in [0.2, 0.25) is 5.91 Å². The van der Waals surface area contributed by atoms with Gasteiger partial charge in [-0.1, -0.05) is 12.1 Å². The predicted molar refractivity (Wildman–Crippen MR) is 116 cm³/mol. The molecule has 4 rings (SSSR count). The smallest absolute Gasteiger partial charge is 0.255 e. The Morgan fingerprint density at radius 3 is 1.77 bits per heavy atom. The highest BCUT2D eigenvalue weighted by Gasteiger charge is 2.24. The molecular formula is C22H27N6O3. The number of carbonyl (C=O) groups excluding carboxylic acids is 2. The van der Waals surface area contributed by atoms with Crippen LogP contribution in [-0.4, -0.2) is 90.5 Å². The van der Waals surface area contributed by atoms with E-state index in [1.165, 1.54) is 6.61 Å². The topological polar surface area (TPSA) is 82.1 Å². The highest BCUT2D eigenvalue weighted by Crippen LogP contribution is 2.14. The maximum atomic E-state index is 12.4. The van der Waals surface area contributed by atoms with Crippen molar-refractivity contribution in [3.8, 4) is 0 Å². The molecule has 2 saturated heterocycles. The molecule has 31 heavy (non-hydrogen) atoms. The third-order valence-electron chi connectivity index (χ3n) is 5.56. The van der Waals surface area contributed by atoms with E-state index in [-0.39, 0.29) is 18.4 Å². The number of nitrogens with zero attached hydrogens (tertiary/aromatic N) is 6. The van der Waals surface area contributed by atoms with Crippen molar-refractivity contribution in [1.29, 1.82) is 0 Å². The van der Waals surface area contributed by atoms with Gasteiger partial charge in [-0.2, -0.15) is 0 Å². The molecule has 0 saturated carbocycles. The zero-order valence-electron chi connectivity index (χ0n) is 17.5. The summed E-state index contributed by atoms with van der Waals surface area (Å²) in [4.78, 5) is 41.3. The Labute approximate surface area is 182 Å². The van der Waals surface area contributed by atoms with E-state index >= 15 is 0 Å². The van der Waals surface area contributed by atoms with Gasteiger partial charge < -0.3 is 24.3 Å². The second-order valence-corrected chi connectivity index (χ2v) is 7.48. The lowest BCUT2D eigenvalue weighted by molar-refractivity contribution is -0.138. The fraction of sp³-hybridized carbons (Fsp3) is 0.409. The molecule has 2 aliphatic heterocycles. The van der Waals surface area contributed by atoms with Gasteiger partial charge >= 0.3 is 0 Å². The second-order valence-electron chi connectivity index (χ2n) is 7.48. The zero-order valence-corrected chi connectivity index (χ0v) is 17.5. The fourth-order valence-corrected chi connectivity index (χ4v) is 3.77. The monoisotopic (exact) mass is 423 g/mol. The lowest BCUT2D eigenvalue weighted by atomic mass is 10.3. The Balaban J connectivity index is 1.14. The molecule has 2 aliphatic rings. The first-order chi connectivity index (χ1) is 15.2. The number of anilines is 2. The number of carbonyl (C=O) groups is 2. The summed E-state index contributed by atoms with van der Waals surface area (Å²) in [6.07, 6.45) is 3.54. The molecule has 4 heterocycles. The summed E-state index contributed by atoms with van der Waals surface area (Å²) in [5.74, 6) is 1.54. The Morgan fingerprint density at radius 2 is 1.29 bits per heavy atom. The van der Waals surface area contributed by atoms with Gasteiger partial charge in [-0.3, -0.25) is 9.59 Å².